The van der Waals surface area contributed by atoms with Crippen LogP contribution in [0, 0.1) is 5.92 Å². The van der Waals surface area contributed by atoms with E-state index in [0.717, 1.165) is 19.6 Å². The predicted molar refractivity (Wildman–Crippen MR) is 59.9 cm³/mol. The second-order valence-electron chi connectivity index (χ2n) is 3.92. The van der Waals surface area contributed by atoms with Gasteiger partial charge in [-0.3, -0.25) is 4.79 Å². The van der Waals surface area contributed by atoms with Gasteiger partial charge in [0.1, 0.15) is 5.69 Å². The smallest absolute Gasteiger partial charge is 0.269 e. The summed E-state index contributed by atoms with van der Waals surface area (Å²) in [6.45, 7) is 2.17. The van der Waals surface area contributed by atoms with Gasteiger partial charge in [0, 0.05) is 19.1 Å². The van der Waals surface area contributed by atoms with Gasteiger partial charge in [0.25, 0.3) is 5.91 Å². The standard InChI is InChI=1S/C11H15N3O2/c12-9-1-2-10(13-6-9)11(15)14-5-8-3-4-16-7-8/h1-2,6,8H,3-5,7,12H2,(H,14,15). The van der Waals surface area contributed by atoms with Crippen LogP contribution in [0.25, 0.3) is 0 Å². The van der Waals surface area contributed by atoms with Crippen LogP contribution in [0.1, 0.15) is 16.9 Å². The van der Waals surface area contributed by atoms with E-state index in [0.29, 0.717) is 23.8 Å². The molecule has 1 saturated heterocycles. The molecule has 1 unspecified atom stereocenters. The largest absolute Gasteiger partial charge is 0.397 e. The number of nitrogens with zero attached hydrogens (tertiary/aromatic N) is 1. The molecule has 86 valence electrons. The zero-order chi connectivity index (χ0) is 11.4. The van der Waals surface area contributed by atoms with Crippen LogP contribution in [-0.4, -0.2) is 30.6 Å². The lowest BCUT2D eigenvalue weighted by Gasteiger charge is -2.08. The molecule has 1 atom stereocenters. The van der Waals surface area contributed by atoms with Crippen LogP contribution >= 0.6 is 0 Å². The van der Waals surface area contributed by atoms with E-state index in [4.69, 9.17) is 10.5 Å². The average molecular weight is 221 g/mol. The second kappa shape index (κ2) is 4.94. The fourth-order valence-corrected chi connectivity index (χ4v) is 1.61. The maximum Gasteiger partial charge on any atom is 0.269 e. The maximum absolute atomic E-state index is 11.7. The number of nitrogens with one attached hydrogen (secondary N) is 1. The van der Waals surface area contributed by atoms with Gasteiger partial charge in [0.15, 0.2) is 0 Å². The van der Waals surface area contributed by atoms with E-state index in [1.165, 1.54) is 6.20 Å². The molecule has 1 aliphatic heterocycles. The second-order valence-corrected chi connectivity index (χ2v) is 3.92. The number of nitrogens with two attached hydrogens (primary N) is 1. The Morgan fingerprint density at radius 2 is 2.50 bits per heavy atom. The molecule has 1 amide bonds. The molecule has 2 heterocycles. The summed E-state index contributed by atoms with van der Waals surface area (Å²) >= 11 is 0. The molecule has 0 radical (unpaired) electrons. The van der Waals surface area contributed by atoms with Crippen molar-refractivity contribution in [1.29, 1.82) is 0 Å². The molecule has 1 aromatic heterocycles. The van der Waals surface area contributed by atoms with Gasteiger partial charge in [0.05, 0.1) is 18.5 Å². The molecule has 3 N–H and O–H groups in total. The molecular formula is C11H15N3O2. The minimum absolute atomic E-state index is 0.160. The van der Waals surface area contributed by atoms with Crippen LogP contribution in [0.2, 0.25) is 0 Å². The highest BCUT2D eigenvalue weighted by atomic mass is 16.5. The number of hydrogen-bond acceptors (Lipinski definition) is 4. The van der Waals surface area contributed by atoms with Gasteiger partial charge < -0.3 is 15.8 Å². The fourth-order valence-electron chi connectivity index (χ4n) is 1.61. The Labute approximate surface area is 94.0 Å². The Kier molecular flexibility index (Phi) is 3.36. The average Bonchev–Trinajstić information content (AvgIpc) is 2.80. The van der Waals surface area contributed by atoms with E-state index >= 15 is 0 Å². The highest BCUT2D eigenvalue weighted by Crippen LogP contribution is 2.10. The van der Waals surface area contributed by atoms with Crippen molar-refractivity contribution in [2.75, 3.05) is 25.5 Å². The van der Waals surface area contributed by atoms with E-state index < -0.39 is 0 Å². The molecule has 1 aliphatic rings. The number of aromatic nitrogens is 1. The normalized spacial score (nSPS) is 19.6. The van der Waals surface area contributed by atoms with Crippen LogP contribution in [0.5, 0.6) is 0 Å². The van der Waals surface area contributed by atoms with Gasteiger partial charge in [-0.2, -0.15) is 0 Å². The van der Waals surface area contributed by atoms with Gasteiger partial charge in [-0.1, -0.05) is 0 Å². The van der Waals surface area contributed by atoms with Crippen LogP contribution in [-0.2, 0) is 4.74 Å². The van der Waals surface area contributed by atoms with Crippen molar-refractivity contribution in [3.63, 3.8) is 0 Å². The first-order chi connectivity index (χ1) is 7.75. The van der Waals surface area contributed by atoms with E-state index in [1.807, 2.05) is 0 Å². The van der Waals surface area contributed by atoms with Gasteiger partial charge in [-0.15, -0.1) is 0 Å². The molecule has 5 nitrogen and oxygen atoms in total. The van der Waals surface area contributed by atoms with Crippen LogP contribution in [0.15, 0.2) is 18.3 Å². The summed E-state index contributed by atoms with van der Waals surface area (Å²) in [7, 11) is 0. The lowest BCUT2D eigenvalue weighted by Crippen LogP contribution is -2.30. The van der Waals surface area contributed by atoms with Gasteiger partial charge in [0.2, 0.25) is 0 Å². The fraction of sp³-hybridized carbons (Fsp3) is 0.455. The minimum Gasteiger partial charge on any atom is -0.397 e. The quantitative estimate of drug-likeness (QED) is 0.776. The molecular weight excluding hydrogens is 206 g/mol. The number of ether oxygens (including phenoxy) is 1. The van der Waals surface area contributed by atoms with Crippen LogP contribution in [0.3, 0.4) is 0 Å². The van der Waals surface area contributed by atoms with E-state index in [2.05, 4.69) is 10.3 Å². The van der Waals surface area contributed by atoms with Gasteiger partial charge in [-0.25, -0.2) is 4.98 Å². The topological polar surface area (TPSA) is 77.2 Å². The number of anilines is 1. The van der Waals surface area contributed by atoms with E-state index in [-0.39, 0.29) is 5.91 Å². The first-order valence-electron chi connectivity index (χ1n) is 5.33. The third-order valence-corrected chi connectivity index (χ3v) is 2.59. The Morgan fingerprint density at radius 3 is 3.12 bits per heavy atom. The third kappa shape index (κ3) is 2.70. The Bertz CT molecular complexity index is 358. The molecule has 1 aromatic rings. The Balaban J connectivity index is 1.85. The first-order valence-corrected chi connectivity index (χ1v) is 5.33. The highest BCUT2D eigenvalue weighted by molar-refractivity contribution is 5.92. The summed E-state index contributed by atoms with van der Waals surface area (Å²) in [5.41, 5.74) is 6.44. The molecule has 2 rings (SSSR count). The highest BCUT2D eigenvalue weighted by Gasteiger charge is 2.16. The monoisotopic (exact) mass is 221 g/mol. The van der Waals surface area contributed by atoms with Gasteiger partial charge in [-0.05, 0) is 18.6 Å². The number of pyridine rings is 1. The molecule has 5 heteroatoms. The van der Waals surface area contributed by atoms with Crippen LogP contribution in [0.4, 0.5) is 5.69 Å². The number of hydrogen-bond donors (Lipinski definition) is 2. The number of nitrogen functional groups attached to an aromatic ring is 1. The summed E-state index contributed by atoms with van der Waals surface area (Å²) < 4.78 is 5.23. The lowest BCUT2D eigenvalue weighted by atomic mass is 10.1. The molecule has 0 spiro atoms. The van der Waals surface area contributed by atoms with Crippen molar-refractivity contribution in [2.45, 2.75) is 6.42 Å². The van der Waals surface area contributed by atoms with Crippen LogP contribution < -0.4 is 11.1 Å². The summed E-state index contributed by atoms with van der Waals surface area (Å²) in [4.78, 5) is 15.6. The molecule has 0 bridgehead atoms. The van der Waals surface area contributed by atoms with Crippen molar-refractivity contribution in [2.24, 2.45) is 5.92 Å². The molecule has 16 heavy (non-hydrogen) atoms. The Hall–Kier alpha value is -1.62. The summed E-state index contributed by atoms with van der Waals surface area (Å²) in [5, 5.41) is 2.84. The van der Waals surface area contributed by atoms with Crippen molar-refractivity contribution in [1.82, 2.24) is 10.3 Å². The SMILES string of the molecule is Nc1ccc(C(=O)NCC2CCOC2)nc1. The first kappa shape index (κ1) is 10.9. The number of rotatable bonds is 3. The molecule has 0 saturated carbocycles. The number of carbonyl (C=O) groups excluding carboxylic acids is 1. The lowest BCUT2D eigenvalue weighted by molar-refractivity contribution is 0.0940. The number of amides is 1. The number of carbonyl (C=O) groups is 1. The molecule has 0 aromatic carbocycles. The summed E-state index contributed by atoms with van der Waals surface area (Å²) in [6.07, 6.45) is 2.49. The summed E-state index contributed by atoms with van der Waals surface area (Å²) in [5.74, 6) is 0.268. The predicted octanol–water partition coefficient (Wildman–Crippen LogP) is 0.430. The third-order valence-electron chi connectivity index (χ3n) is 2.59. The zero-order valence-electron chi connectivity index (χ0n) is 8.98. The van der Waals surface area contributed by atoms with E-state index in [1.54, 1.807) is 12.1 Å². The Morgan fingerprint density at radius 1 is 1.62 bits per heavy atom. The van der Waals surface area contributed by atoms with E-state index in [9.17, 15) is 4.79 Å². The zero-order valence-corrected chi connectivity index (χ0v) is 8.98. The maximum atomic E-state index is 11.7. The minimum atomic E-state index is -0.160. The van der Waals surface area contributed by atoms with Crippen molar-refractivity contribution in [3.8, 4) is 0 Å². The molecule has 0 aliphatic carbocycles. The van der Waals surface area contributed by atoms with Gasteiger partial charge >= 0.3 is 0 Å². The van der Waals surface area contributed by atoms with Crippen molar-refractivity contribution < 1.29 is 9.53 Å². The van der Waals surface area contributed by atoms with Crippen molar-refractivity contribution >= 4 is 11.6 Å². The van der Waals surface area contributed by atoms with Crippen molar-refractivity contribution in [3.05, 3.63) is 24.0 Å². The summed E-state index contributed by atoms with van der Waals surface area (Å²) in [6, 6.07) is 3.29. The molecule has 1 fully saturated rings.